The highest BCUT2D eigenvalue weighted by molar-refractivity contribution is 7.80. The third-order valence-electron chi connectivity index (χ3n) is 2.48. The van der Waals surface area contributed by atoms with Gasteiger partial charge in [-0.1, -0.05) is 11.6 Å². The Balaban J connectivity index is 2.90. The van der Waals surface area contributed by atoms with E-state index in [-0.39, 0.29) is 6.04 Å². The summed E-state index contributed by atoms with van der Waals surface area (Å²) in [6.45, 7) is 7.67. The zero-order valence-electron chi connectivity index (χ0n) is 10.3. The topological polar surface area (TPSA) is 67.1 Å². The van der Waals surface area contributed by atoms with E-state index in [2.05, 4.69) is 15.5 Å². The fraction of sp³-hybridized carbons (Fsp3) is 0.500. The predicted octanol–water partition coefficient (Wildman–Crippen LogP) is 2.03. The molecular formula is C10H16ClN5S. The molecule has 3 N–H and O–H groups in total. The molecule has 1 heterocycles. The molecule has 0 aliphatic heterocycles. The van der Waals surface area contributed by atoms with Crippen molar-refractivity contribution in [3.63, 3.8) is 0 Å². The number of nitrogens with zero attached hydrogens (tertiary/aromatic N) is 3. The molecular weight excluding hydrogens is 258 g/mol. The van der Waals surface area contributed by atoms with Gasteiger partial charge in [0.25, 0.3) is 0 Å². The van der Waals surface area contributed by atoms with E-state index in [4.69, 9.17) is 29.7 Å². The van der Waals surface area contributed by atoms with Crippen LogP contribution < -0.4 is 11.2 Å². The number of halogens is 1. The summed E-state index contributed by atoms with van der Waals surface area (Å²) in [5, 5.41) is 13.0. The maximum Gasteiger partial charge on any atom is 0.189 e. The minimum Gasteiger partial charge on any atom is -0.314 e. The van der Waals surface area contributed by atoms with Crippen LogP contribution >= 0.6 is 23.8 Å². The van der Waals surface area contributed by atoms with Crippen LogP contribution in [0.1, 0.15) is 25.0 Å². The first-order valence-electron chi connectivity index (χ1n) is 5.19. The van der Waals surface area contributed by atoms with Crippen molar-refractivity contribution in [2.45, 2.75) is 33.7 Å². The van der Waals surface area contributed by atoms with Crippen molar-refractivity contribution in [2.24, 2.45) is 5.84 Å². The third-order valence-corrected chi connectivity index (χ3v) is 3.15. The molecule has 0 saturated heterocycles. The Morgan fingerprint density at radius 1 is 1.35 bits per heavy atom. The van der Waals surface area contributed by atoms with Gasteiger partial charge >= 0.3 is 0 Å². The van der Waals surface area contributed by atoms with E-state index in [1.54, 1.807) is 0 Å². The standard InChI is InChI=1S/C10H16ClN5S/c1-5(2)16(12)10(17)13-9-7(4)6(3)8(11)14-15-9/h5H,12H2,1-4H3,(H,13,15,17). The highest BCUT2D eigenvalue weighted by Crippen LogP contribution is 2.20. The summed E-state index contributed by atoms with van der Waals surface area (Å²) >= 11 is 11.0. The molecule has 0 saturated carbocycles. The van der Waals surface area contributed by atoms with Crippen molar-refractivity contribution in [1.82, 2.24) is 15.2 Å². The maximum absolute atomic E-state index is 5.87. The van der Waals surface area contributed by atoms with Gasteiger partial charge < -0.3 is 5.32 Å². The van der Waals surface area contributed by atoms with Crippen molar-refractivity contribution in [2.75, 3.05) is 5.32 Å². The highest BCUT2D eigenvalue weighted by atomic mass is 35.5. The molecule has 1 rings (SSSR count). The van der Waals surface area contributed by atoms with E-state index in [0.29, 0.717) is 16.1 Å². The number of hydrogen-bond acceptors (Lipinski definition) is 4. The normalized spacial score (nSPS) is 10.5. The summed E-state index contributed by atoms with van der Waals surface area (Å²) in [5.41, 5.74) is 1.78. The van der Waals surface area contributed by atoms with Gasteiger partial charge in [-0.2, -0.15) is 0 Å². The Morgan fingerprint density at radius 2 is 1.94 bits per heavy atom. The van der Waals surface area contributed by atoms with Gasteiger partial charge in [-0.25, -0.2) is 5.84 Å². The van der Waals surface area contributed by atoms with Crippen molar-refractivity contribution < 1.29 is 0 Å². The van der Waals surface area contributed by atoms with Crippen LogP contribution in [-0.4, -0.2) is 26.4 Å². The highest BCUT2D eigenvalue weighted by Gasteiger charge is 2.13. The van der Waals surface area contributed by atoms with Gasteiger partial charge in [-0.3, -0.25) is 5.01 Å². The molecule has 0 spiro atoms. The van der Waals surface area contributed by atoms with Crippen LogP contribution in [0.3, 0.4) is 0 Å². The van der Waals surface area contributed by atoms with Crippen molar-refractivity contribution in [3.05, 3.63) is 16.3 Å². The first-order chi connectivity index (χ1) is 7.84. The van der Waals surface area contributed by atoms with E-state index in [1.165, 1.54) is 5.01 Å². The average molecular weight is 274 g/mol. The SMILES string of the molecule is Cc1c(Cl)nnc(NC(=S)N(N)C(C)C)c1C. The molecule has 7 heteroatoms. The number of hydrogen-bond donors (Lipinski definition) is 2. The molecule has 0 atom stereocenters. The molecule has 0 radical (unpaired) electrons. The molecule has 0 amide bonds. The zero-order valence-corrected chi connectivity index (χ0v) is 11.9. The van der Waals surface area contributed by atoms with Gasteiger partial charge in [0.15, 0.2) is 16.1 Å². The van der Waals surface area contributed by atoms with Crippen molar-refractivity contribution in [3.8, 4) is 0 Å². The molecule has 0 aliphatic carbocycles. The number of rotatable bonds is 2. The van der Waals surface area contributed by atoms with Gasteiger partial charge in [0.1, 0.15) is 0 Å². The minimum atomic E-state index is 0.108. The van der Waals surface area contributed by atoms with E-state index in [1.807, 2.05) is 27.7 Å². The van der Waals surface area contributed by atoms with Crippen LogP contribution in [0.25, 0.3) is 0 Å². The number of thiocarbonyl (C=S) groups is 1. The van der Waals surface area contributed by atoms with Crippen LogP contribution in [0.5, 0.6) is 0 Å². The van der Waals surface area contributed by atoms with Crippen molar-refractivity contribution in [1.29, 1.82) is 0 Å². The molecule has 0 bridgehead atoms. The lowest BCUT2D eigenvalue weighted by Gasteiger charge is -2.24. The summed E-state index contributed by atoms with van der Waals surface area (Å²) in [7, 11) is 0. The third kappa shape index (κ3) is 3.24. The Kier molecular flexibility index (Phi) is 4.62. The lowest BCUT2D eigenvalue weighted by atomic mass is 10.2. The molecule has 0 aromatic carbocycles. The molecule has 94 valence electrons. The monoisotopic (exact) mass is 273 g/mol. The molecule has 0 unspecified atom stereocenters. The molecule has 1 aromatic heterocycles. The van der Waals surface area contributed by atoms with E-state index < -0.39 is 0 Å². The number of aromatic nitrogens is 2. The summed E-state index contributed by atoms with van der Waals surface area (Å²) in [4.78, 5) is 0. The molecule has 1 aromatic rings. The van der Waals surface area contributed by atoms with Gasteiger partial charge in [0.05, 0.1) is 0 Å². The Labute approximate surface area is 111 Å². The Morgan fingerprint density at radius 3 is 2.47 bits per heavy atom. The smallest absolute Gasteiger partial charge is 0.189 e. The largest absolute Gasteiger partial charge is 0.314 e. The number of nitrogens with one attached hydrogen (secondary N) is 1. The first kappa shape index (κ1) is 14.1. The van der Waals surface area contributed by atoms with Gasteiger partial charge in [-0.15, -0.1) is 10.2 Å². The van der Waals surface area contributed by atoms with Crippen LogP contribution in [0.15, 0.2) is 0 Å². The van der Waals surface area contributed by atoms with E-state index >= 15 is 0 Å². The lowest BCUT2D eigenvalue weighted by molar-refractivity contribution is 0.369. The molecule has 0 aliphatic rings. The van der Waals surface area contributed by atoms with Gasteiger partial charge in [0.2, 0.25) is 0 Å². The second-order valence-electron chi connectivity index (χ2n) is 4.02. The number of anilines is 1. The summed E-state index contributed by atoms with van der Waals surface area (Å²) in [5.74, 6) is 6.36. The molecule has 0 fully saturated rings. The van der Waals surface area contributed by atoms with Crippen molar-refractivity contribution >= 4 is 34.7 Å². The van der Waals surface area contributed by atoms with Crippen LogP contribution in [0.2, 0.25) is 5.15 Å². The summed E-state index contributed by atoms with van der Waals surface area (Å²) in [6.07, 6.45) is 0. The van der Waals surface area contributed by atoms with Crippen LogP contribution in [-0.2, 0) is 0 Å². The lowest BCUT2D eigenvalue weighted by Crippen LogP contribution is -2.45. The number of nitrogens with two attached hydrogens (primary N) is 1. The fourth-order valence-electron chi connectivity index (χ4n) is 1.10. The van der Waals surface area contributed by atoms with Gasteiger partial charge in [-0.05, 0) is 51.0 Å². The van der Waals surface area contributed by atoms with Crippen LogP contribution in [0.4, 0.5) is 5.82 Å². The Hall–Kier alpha value is -0.980. The van der Waals surface area contributed by atoms with E-state index in [0.717, 1.165) is 11.1 Å². The summed E-state index contributed by atoms with van der Waals surface area (Å²) in [6, 6.07) is 0.108. The van der Waals surface area contributed by atoms with Gasteiger partial charge in [0, 0.05) is 6.04 Å². The average Bonchev–Trinajstić information content (AvgIpc) is 2.28. The maximum atomic E-state index is 5.87. The fourth-order valence-corrected chi connectivity index (χ4v) is 1.58. The predicted molar refractivity (Wildman–Crippen MR) is 73.9 cm³/mol. The van der Waals surface area contributed by atoms with Crippen LogP contribution in [0, 0.1) is 13.8 Å². The zero-order chi connectivity index (χ0) is 13.2. The second-order valence-corrected chi connectivity index (χ2v) is 4.77. The quantitative estimate of drug-likeness (QED) is 0.488. The Bertz CT molecular complexity index is 435. The second kappa shape index (κ2) is 5.57. The first-order valence-corrected chi connectivity index (χ1v) is 5.97. The summed E-state index contributed by atoms with van der Waals surface area (Å²) < 4.78 is 0. The minimum absolute atomic E-state index is 0.108. The molecule has 17 heavy (non-hydrogen) atoms. The number of hydrazine groups is 1. The van der Waals surface area contributed by atoms with E-state index in [9.17, 15) is 0 Å². The molecule has 5 nitrogen and oxygen atoms in total.